The zero-order chi connectivity index (χ0) is 11.4. The quantitative estimate of drug-likeness (QED) is 0.725. The van der Waals surface area contributed by atoms with Crippen LogP contribution in [0.3, 0.4) is 0 Å². The van der Waals surface area contributed by atoms with Gasteiger partial charge in [-0.2, -0.15) is 0 Å². The SMILES string of the molecule is CCN1CCN(C(=O)C(N)C(C)C)CC1. The Balaban J connectivity index is 2.42. The number of hydrogen-bond acceptors (Lipinski definition) is 3. The van der Waals surface area contributed by atoms with Crippen LogP contribution in [0.1, 0.15) is 20.8 Å². The molecule has 0 spiro atoms. The van der Waals surface area contributed by atoms with Crippen molar-refractivity contribution in [3.8, 4) is 0 Å². The summed E-state index contributed by atoms with van der Waals surface area (Å²) in [4.78, 5) is 16.2. The molecule has 4 nitrogen and oxygen atoms in total. The predicted molar refractivity (Wildman–Crippen MR) is 61.5 cm³/mol. The lowest BCUT2D eigenvalue weighted by Crippen LogP contribution is -2.54. The molecular weight excluding hydrogens is 190 g/mol. The number of carbonyl (C=O) groups is 1. The molecule has 1 aliphatic rings. The molecule has 4 heteroatoms. The molecule has 88 valence electrons. The van der Waals surface area contributed by atoms with E-state index in [9.17, 15) is 4.79 Å². The second-order valence-corrected chi connectivity index (χ2v) is 4.53. The van der Waals surface area contributed by atoms with Crippen molar-refractivity contribution >= 4 is 5.91 Å². The van der Waals surface area contributed by atoms with Crippen molar-refractivity contribution < 1.29 is 4.79 Å². The molecule has 1 unspecified atom stereocenters. The lowest BCUT2D eigenvalue weighted by Gasteiger charge is -2.35. The van der Waals surface area contributed by atoms with Crippen LogP contribution in [0, 0.1) is 5.92 Å². The summed E-state index contributed by atoms with van der Waals surface area (Å²) in [6.45, 7) is 10.8. The number of nitrogens with two attached hydrogens (primary N) is 1. The molecule has 2 N–H and O–H groups in total. The summed E-state index contributed by atoms with van der Waals surface area (Å²) in [7, 11) is 0. The molecule has 15 heavy (non-hydrogen) atoms. The fraction of sp³-hybridized carbons (Fsp3) is 0.909. The first-order chi connectivity index (χ1) is 7.06. The fourth-order valence-electron chi connectivity index (χ4n) is 1.78. The largest absolute Gasteiger partial charge is 0.339 e. The van der Waals surface area contributed by atoms with Gasteiger partial charge in [0.25, 0.3) is 0 Å². The molecule has 0 aliphatic carbocycles. The lowest BCUT2D eigenvalue weighted by atomic mass is 10.0. The minimum atomic E-state index is -0.335. The molecular formula is C11H23N3O. The van der Waals surface area contributed by atoms with Gasteiger partial charge in [0.1, 0.15) is 0 Å². The standard InChI is InChI=1S/C11H23N3O/c1-4-13-5-7-14(8-6-13)11(15)10(12)9(2)3/h9-10H,4-8,12H2,1-3H3. The summed E-state index contributed by atoms with van der Waals surface area (Å²) >= 11 is 0. The summed E-state index contributed by atoms with van der Waals surface area (Å²) in [5.74, 6) is 0.336. The van der Waals surface area contributed by atoms with Gasteiger partial charge in [0.05, 0.1) is 6.04 Å². The van der Waals surface area contributed by atoms with E-state index in [0.29, 0.717) is 0 Å². The Kier molecular flexibility index (Phi) is 4.54. The van der Waals surface area contributed by atoms with Gasteiger partial charge in [0, 0.05) is 26.2 Å². The third-order valence-electron chi connectivity index (χ3n) is 3.13. The van der Waals surface area contributed by atoms with E-state index in [2.05, 4.69) is 11.8 Å². The molecule has 1 amide bonds. The maximum absolute atomic E-state index is 11.9. The zero-order valence-electron chi connectivity index (χ0n) is 10.1. The second kappa shape index (κ2) is 5.47. The van der Waals surface area contributed by atoms with Crippen LogP contribution in [0.15, 0.2) is 0 Å². The Hall–Kier alpha value is -0.610. The Morgan fingerprint density at radius 3 is 2.20 bits per heavy atom. The number of carbonyl (C=O) groups excluding carboxylic acids is 1. The van der Waals surface area contributed by atoms with Crippen molar-refractivity contribution in [3.63, 3.8) is 0 Å². The smallest absolute Gasteiger partial charge is 0.239 e. The molecule has 1 heterocycles. The zero-order valence-corrected chi connectivity index (χ0v) is 10.1. The van der Waals surface area contributed by atoms with Crippen LogP contribution >= 0.6 is 0 Å². The van der Waals surface area contributed by atoms with Gasteiger partial charge in [-0.1, -0.05) is 20.8 Å². The summed E-state index contributed by atoms with van der Waals surface area (Å²) < 4.78 is 0. The van der Waals surface area contributed by atoms with Gasteiger partial charge in [-0.25, -0.2) is 0 Å². The van der Waals surface area contributed by atoms with Crippen LogP contribution < -0.4 is 5.73 Å². The van der Waals surface area contributed by atoms with Crippen molar-refractivity contribution in [1.29, 1.82) is 0 Å². The van der Waals surface area contributed by atoms with Crippen molar-refractivity contribution in [1.82, 2.24) is 9.80 Å². The summed E-state index contributed by atoms with van der Waals surface area (Å²) in [5.41, 5.74) is 5.85. The molecule has 1 saturated heterocycles. The maximum Gasteiger partial charge on any atom is 0.239 e. The number of nitrogens with zero attached hydrogens (tertiary/aromatic N) is 2. The molecule has 0 aromatic heterocycles. The third-order valence-corrected chi connectivity index (χ3v) is 3.13. The summed E-state index contributed by atoms with van der Waals surface area (Å²) in [6, 6.07) is -0.335. The van der Waals surface area contributed by atoms with Crippen molar-refractivity contribution in [2.24, 2.45) is 11.7 Å². The van der Waals surface area contributed by atoms with Crippen LogP contribution in [-0.2, 0) is 4.79 Å². The minimum absolute atomic E-state index is 0.112. The van der Waals surface area contributed by atoms with E-state index in [1.54, 1.807) is 0 Å². The average molecular weight is 213 g/mol. The number of hydrogen-bond donors (Lipinski definition) is 1. The van der Waals surface area contributed by atoms with Gasteiger partial charge in [-0.3, -0.25) is 4.79 Å². The number of likely N-dealkylation sites (N-methyl/N-ethyl adjacent to an activating group) is 1. The van der Waals surface area contributed by atoms with Crippen molar-refractivity contribution in [2.75, 3.05) is 32.7 Å². The summed E-state index contributed by atoms with van der Waals surface area (Å²) in [5, 5.41) is 0. The molecule has 1 rings (SSSR count). The molecule has 1 atom stereocenters. The third kappa shape index (κ3) is 3.18. The Labute approximate surface area is 92.4 Å². The van der Waals surface area contributed by atoms with Gasteiger partial charge < -0.3 is 15.5 Å². The fourth-order valence-corrected chi connectivity index (χ4v) is 1.78. The molecule has 0 radical (unpaired) electrons. The van der Waals surface area contributed by atoms with E-state index in [1.165, 1.54) is 0 Å². The van der Waals surface area contributed by atoms with E-state index in [-0.39, 0.29) is 17.9 Å². The van der Waals surface area contributed by atoms with E-state index >= 15 is 0 Å². The minimum Gasteiger partial charge on any atom is -0.339 e. The number of piperazine rings is 1. The van der Waals surface area contributed by atoms with Gasteiger partial charge >= 0.3 is 0 Å². The lowest BCUT2D eigenvalue weighted by molar-refractivity contribution is -0.135. The molecule has 0 aromatic carbocycles. The first-order valence-corrected chi connectivity index (χ1v) is 5.83. The maximum atomic E-state index is 11.9. The van der Waals surface area contributed by atoms with E-state index in [4.69, 9.17) is 5.73 Å². The van der Waals surface area contributed by atoms with E-state index in [0.717, 1.165) is 32.7 Å². The van der Waals surface area contributed by atoms with Crippen LogP contribution in [0.2, 0.25) is 0 Å². The topological polar surface area (TPSA) is 49.6 Å². The molecule has 0 aromatic rings. The Morgan fingerprint density at radius 1 is 1.27 bits per heavy atom. The normalized spacial score (nSPS) is 20.7. The highest BCUT2D eigenvalue weighted by molar-refractivity contribution is 5.82. The van der Waals surface area contributed by atoms with Gasteiger partial charge in [0.2, 0.25) is 5.91 Å². The van der Waals surface area contributed by atoms with Crippen molar-refractivity contribution in [3.05, 3.63) is 0 Å². The Bertz CT molecular complexity index is 210. The van der Waals surface area contributed by atoms with Crippen LogP contribution in [0.25, 0.3) is 0 Å². The molecule has 1 fully saturated rings. The Morgan fingerprint density at radius 2 is 1.80 bits per heavy atom. The first kappa shape index (κ1) is 12.5. The number of amides is 1. The van der Waals surface area contributed by atoms with Crippen LogP contribution in [-0.4, -0.2) is 54.5 Å². The van der Waals surface area contributed by atoms with Gasteiger partial charge in [-0.15, -0.1) is 0 Å². The van der Waals surface area contributed by atoms with Crippen LogP contribution in [0.4, 0.5) is 0 Å². The van der Waals surface area contributed by atoms with E-state index in [1.807, 2.05) is 18.7 Å². The average Bonchev–Trinajstić information content (AvgIpc) is 2.27. The second-order valence-electron chi connectivity index (χ2n) is 4.53. The summed E-state index contributed by atoms with van der Waals surface area (Å²) in [6.07, 6.45) is 0. The highest BCUT2D eigenvalue weighted by Gasteiger charge is 2.26. The van der Waals surface area contributed by atoms with E-state index < -0.39 is 0 Å². The van der Waals surface area contributed by atoms with Crippen molar-refractivity contribution in [2.45, 2.75) is 26.8 Å². The molecule has 1 aliphatic heterocycles. The van der Waals surface area contributed by atoms with Crippen LogP contribution in [0.5, 0.6) is 0 Å². The highest BCUT2D eigenvalue weighted by atomic mass is 16.2. The van der Waals surface area contributed by atoms with Gasteiger partial charge in [0.15, 0.2) is 0 Å². The van der Waals surface area contributed by atoms with Gasteiger partial charge in [-0.05, 0) is 12.5 Å². The molecule has 0 saturated carbocycles. The predicted octanol–water partition coefficient (Wildman–Crippen LogP) is 0.134. The highest BCUT2D eigenvalue weighted by Crippen LogP contribution is 2.07. The first-order valence-electron chi connectivity index (χ1n) is 5.83. The monoisotopic (exact) mass is 213 g/mol. The number of rotatable bonds is 3. The molecule has 0 bridgehead atoms.